The molecule has 0 atom stereocenters. The monoisotopic (exact) mass is 496 g/mol. The second-order valence-corrected chi connectivity index (χ2v) is 8.76. The van der Waals surface area contributed by atoms with E-state index in [2.05, 4.69) is 19.1 Å². The Morgan fingerprint density at radius 1 is 0.486 bits per heavy atom. The number of fused-ring (bicyclic) bond motifs is 1. The summed E-state index contributed by atoms with van der Waals surface area (Å²) in [5.41, 5.74) is 1.29. The summed E-state index contributed by atoms with van der Waals surface area (Å²) in [6, 6.07) is 6.28. The van der Waals surface area contributed by atoms with Gasteiger partial charge in [-0.15, -0.1) is 0 Å². The van der Waals surface area contributed by atoms with Crippen LogP contribution in [0.4, 0.5) is 0 Å². The third kappa shape index (κ3) is 16.1. The minimum atomic E-state index is 0.463. The average molecular weight is 497 g/mol. The number of benzene rings is 1. The molecule has 7 heteroatoms. The number of aryl methyl sites for hydroxylation is 1. The molecule has 1 heterocycles. The van der Waals surface area contributed by atoms with Gasteiger partial charge in [-0.1, -0.05) is 57.9 Å². The zero-order valence-corrected chi connectivity index (χ0v) is 21.9. The van der Waals surface area contributed by atoms with Gasteiger partial charge in [-0.05, 0) is 30.5 Å². The van der Waals surface area contributed by atoms with Crippen molar-refractivity contribution in [3.63, 3.8) is 0 Å². The third-order valence-corrected chi connectivity index (χ3v) is 5.79. The number of hydrogen-bond acceptors (Lipinski definition) is 7. The predicted octanol–water partition coefficient (Wildman–Crippen LogP) is 5.22. The lowest BCUT2D eigenvalue weighted by Crippen LogP contribution is -2.14. The lowest BCUT2D eigenvalue weighted by atomic mass is 10.0. The van der Waals surface area contributed by atoms with Crippen molar-refractivity contribution >= 4 is 0 Å². The molecule has 0 amide bonds. The van der Waals surface area contributed by atoms with Gasteiger partial charge in [0, 0.05) is 0 Å². The van der Waals surface area contributed by atoms with E-state index in [0.29, 0.717) is 79.3 Å². The Bertz CT molecular complexity index is 611. The molecule has 0 aliphatic carbocycles. The molecule has 0 aromatic heterocycles. The Hall–Kier alpha value is -1.38. The minimum absolute atomic E-state index is 0.463. The average Bonchev–Trinajstić information content (AvgIpc) is 2.87. The van der Waals surface area contributed by atoms with Gasteiger partial charge in [-0.25, -0.2) is 0 Å². The van der Waals surface area contributed by atoms with Gasteiger partial charge in [0.2, 0.25) is 0 Å². The van der Waals surface area contributed by atoms with Crippen molar-refractivity contribution < 1.29 is 33.2 Å². The summed E-state index contributed by atoms with van der Waals surface area (Å²) in [6.07, 6.45) is 11.7. The van der Waals surface area contributed by atoms with Crippen LogP contribution in [0.15, 0.2) is 18.2 Å². The van der Waals surface area contributed by atoms with Crippen LogP contribution >= 0.6 is 0 Å². The molecule has 0 saturated heterocycles. The molecular formula is C28H48O7. The second kappa shape index (κ2) is 21.9. The largest absolute Gasteiger partial charge is 0.487 e. The summed E-state index contributed by atoms with van der Waals surface area (Å²) in [5.74, 6) is 1.52. The molecule has 1 aromatic rings. The molecule has 1 aliphatic heterocycles. The van der Waals surface area contributed by atoms with E-state index >= 15 is 0 Å². The highest BCUT2D eigenvalue weighted by Gasteiger charge is 2.08. The van der Waals surface area contributed by atoms with Crippen molar-refractivity contribution in [2.24, 2.45) is 0 Å². The van der Waals surface area contributed by atoms with E-state index in [9.17, 15) is 0 Å². The molecule has 0 saturated carbocycles. The maximum atomic E-state index is 6.04. The van der Waals surface area contributed by atoms with Gasteiger partial charge < -0.3 is 33.2 Å². The molecule has 0 bridgehead atoms. The first-order valence-corrected chi connectivity index (χ1v) is 13.7. The number of unbranched alkanes of at least 4 members (excludes halogenated alkanes) is 7. The Labute approximate surface area is 212 Å². The zero-order chi connectivity index (χ0) is 24.7. The van der Waals surface area contributed by atoms with Crippen LogP contribution in [0.2, 0.25) is 0 Å². The molecule has 1 aliphatic rings. The smallest absolute Gasteiger partial charge is 0.161 e. The number of ether oxygens (including phenoxy) is 7. The van der Waals surface area contributed by atoms with Crippen LogP contribution in [0.3, 0.4) is 0 Å². The lowest BCUT2D eigenvalue weighted by Gasteiger charge is -2.15. The van der Waals surface area contributed by atoms with Gasteiger partial charge in [0.15, 0.2) is 11.5 Å². The Balaban J connectivity index is 1.78. The second-order valence-electron chi connectivity index (χ2n) is 8.76. The van der Waals surface area contributed by atoms with E-state index in [4.69, 9.17) is 33.2 Å². The first-order chi connectivity index (χ1) is 17.4. The summed E-state index contributed by atoms with van der Waals surface area (Å²) in [4.78, 5) is 0. The topological polar surface area (TPSA) is 64.6 Å². The predicted molar refractivity (Wildman–Crippen MR) is 138 cm³/mol. The Morgan fingerprint density at radius 2 is 0.914 bits per heavy atom. The molecule has 0 unspecified atom stereocenters. The van der Waals surface area contributed by atoms with Crippen molar-refractivity contribution in [1.82, 2.24) is 0 Å². The van der Waals surface area contributed by atoms with Crippen LogP contribution in [0.5, 0.6) is 11.5 Å². The first-order valence-electron chi connectivity index (χ1n) is 13.7. The molecule has 0 radical (unpaired) electrons. The molecular weight excluding hydrogens is 448 g/mol. The molecule has 0 fully saturated rings. The van der Waals surface area contributed by atoms with Crippen LogP contribution in [0, 0.1) is 0 Å². The highest BCUT2D eigenvalue weighted by atomic mass is 16.6. The zero-order valence-electron chi connectivity index (χ0n) is 21.9. The molecule has 0 N–H and O–H groups in total. The van der Waals surface area contributed by atoms with Crippen LogP contribution < -0.4 is 9.47 Å². The van der Waals surface area contributed by atoms with E-state index in [1.807, 2.05) is 6.07 Å². The fraction of sp³-hybridized carbons (Fsp3) is 0.786. The highest BCUT2D eigenvalue weighted by molar-refractivity contribution is 5.43. The van der Waals surface area contributed by atoms with Gasteiger partial charge >= 0.3 is 0 Å². The third-order valence-electron chi connectivity index (χ3n) is 5.79. The van der Waals surface area contributed by atoms with Gasteiger partial charge in [-0.2, -0.15) is 0 Å². The maximum Gasteiger partial charge on any atom is 0.161 e. The summed E-state index contributed by atoms with van der Waals surface area (Å²) >= 11 is 0. The Kier molecular flexibility index (Phi) is 18.6. The fourth-order valence-corrected chi connectivity index (χ4v) is 3.81. The van der Waals surface area contributed by atoms with Gasteiger partial charge in [-0.3, -0.25) is 0 Å². The van der Waals surface area contributed by atoms with Crippen molar-refractivity contribution in [2.45, 2.75) is 64.7 Å². The van der Waals surface area contributed by atoms with Crippen molar-refractivity contribution in [2.75, 3.05) is 79.3 Å². The van der Waals surface area contributed by atoms with E-state index in [1.165, 1.54) is 56.9 Å². The van der Waals surface area contributed by atoms with E-state index in [1.54, 1.807) is 0 Å². The van der Waals surface area contributed by atoms with Crippen molar-refractivity contribution in [1.29, 1.82) is 0 Å². The summed E-state index contributed by atoms with van der Waals surface area (Å²) in [7, 11) is 0. The molecule has 35 heavy (non-hydrogen) atoms. The van der Waals surface area contributed by atoms with E-state index in [-0.39, 0.29) is 0 Å². The molecule has 0 spiro atoms. The van der Waals surface area contributed by atoms with Crippen LogP contribution in [0.25, 0.3) is 0 Å². The Morgan fingerprint density at radius 3 is 1.43 bits per heavy atom. The fourth-order valence-electron chi connectivity index (χ4n) is 3.81. The van der Waals surface area contributed by atoms with Crippen molar-refractivity contribution in [3.05, 3.63) is 23.8 Å². The number of hydrogen-bond donors (Lipinski definition) is 0. The van der Waals surface area contributed by atoms with Crippen LogP contribution in [0.1, 0.15) is 63.9 Å². The lowest BCUT2D eigenvalue weighted by molar-refractivity contribution is -0.0134. The van der Waals surface area contributed by atoms with E-state index < -0.39 is 0 Å². The van der Waals surface area contributed by atoms with E-state index in [0.717, 1.165) is 17.9 Å². The van der Waals surface area contributed by atoms with Gasteiger partial charge in [0.05, 0.1) is 66.1 Å². The first kappa shape index (κ1) is 29.8. The van der Waals surface area contributed by atoms with Gasteiger partial charge in [0.1, 0.15) is 13.2 Å². The molecule has 1 aromatic carbocycles. The summed E-state index contributed by atoms with van der Waals surface area (Å²) in [5, 5.41) is 0. The molecule has 7 nitrogen and oxygen atoms in total. The van der Waals surface area contributed by atoms with Gasteiger partial charge in [0.25, 0.3) is 0 Å². The van der Waals surface area contributed by atoms with Crippen molar-refractivity contribution in [3.8, 4) is 11.5 Å². The standard InChI is InChI=1S/C28H48O7/c1-2-3-4-5-6-7-8-9-10-26-11-12-27-28(25-26)35-24-22-33-20-18-31-16-14-29-13-15-30-17-19-32-21-23-34-27/h11-12,25H,2-10,13-24H2,1H3. The summed E-state index contributed by atoms with van der Waals surface area (Å²) in [6.45, 7) is 8.55. The normalized spacial score (nSPS) is 18.0. The summed E-state index contributed by atoms with van der Waals surface area (Å²) < 4.78 is 39.7. The molecule has 202 valence electrons. The minimum Gasteiger partial charge on any atom is -0.487 e. The van der Waals surface area contributed by atoms with Crippen LogP contribution in [-0.2, 0) is 30.1 Å². The molecule has 2 rings (SSSR count). The number of rotatable bonds is 9. The quantitative estimate of drug-likeness (QED) is 0.434. The maximum absolute atomic E-state index is 6.04. The van der Waals surface area contributed by atoms with Crippen LogP contribution in [-0.4, -0.2) is 79.3 Å². The SMILES string of the molecule is CCCCCCCCCCc1ccc2c(c1)OCCOCCOCCOCCOCCOCCO2. The highest BCUT2D eigenvalue weighted by Crippen LogP contribution is 2.29.